The van der Waals surface area contributed by atoms with Crippen molar-refractivity contribution in [1.29, 1.82) is 0 Å². The summed E-state index contributed by atoms with van der Waals surface area (Å²) in [6.07, 6.45) is 2.23. The third-order valence-corrected chi connectivity index (χ3v) is 9.85. The zero-order valence-corrected chi connectivity index (χ0v) is 28.4. The van der Waals surface area contributed by atoms with Crippen molar-refractivity contribution in [3.8, 4) is 23.0 Å². The van der Waals surface area contributed by atoms with Gasteiger partial charge in [-0.2, -0.15) is 0 Å². The molecule has 48 heavy (non-hydrogen) atoms. The van der Waals surface area contributed by atoms with Gasteiger partial charge >= 0.3 is 11.9 Å². The highest BCUT2D eigenvalue weighted by Crippen LogP contribution is 2.51. The fourth-order valence-electron chi connectivity index (χ4n) is 7.76. The van der Waals surface area contributed by atoms with Crippen LogP contribution in [0.5, 0.6) is 23.0 Å². The molecular formula is C35H43N3O10. The molecule has 0 spiro atoms. The predicted molar refractivity (Wildman–Crippen MR) is 175 cm³/mol. The van der Waals surface area contributed by atoms with Gasteiger partial charge < -0.3 is 38.1 Å². The van der Waals surface area contributed by atoms with Crippen molar-refractivity contribution < 1.29 is 47.5 Å². The van der Waals surface area contributed by atoms with Gasteiger partial charge in [0, 0.05) is 49.9 Å². The van der Waals surface area contributed by atoms with Crippen LogP contribution in [-0.4, -0.2) is 103 Å². The van der Waals surface area contributed by atoms with Crippen LogP contribution in [0.1, 0.15) is 40.5 Å². The van der Waals surface area contributed by atoms with Crippen LogP contribution < -0.4 is 18.9 Å². The van der Waals surface area contributed by atoms with E-state index in [9.17, 15) is 9.59 Å². The number of piperidine rings is 1. The highest BCUT2D eigenvalue weighted by molar-refractivity contribution is 5.91. The predicted octanol–water partition coefficient (Wildman–Crippen LogP) is 4.12. The first-order valence-electron chi connectivity index (χ1n) is 15.8. The van der Waals surface area contributed by atoms with E-state index in [1.54, 1.807) is 26.4 Å². The Morgan fingerprint density at radius 1 is 0.958 bits per heavy atom. The Morgan fingerprint density at radius 2 is 1.67 bits per heavy atom. The molecule has 0 unspecified atom stereocenters. The van der Waals surface area contributed by atoms with Gasteiger partial charge in [0.15, 0.2) is 11.5 Å². The summed E-state index contributed by atoms with van der Waals surface area (Å²) >= 11 is 0. The van der Waals surface area contributed by atoms with E-state index in [0.29, 0.717) is 23.7 Å². The highest BCUT2D eigenvalue weighted by Gasteiger charge is 2.54. The third-order valence-electron chi connectivity index (χ3n) is 9.85. The Morgan fingerprint density at radius 3 is 2.25 bits per heavy atom. The second-order valence-electron chi connectivity index (χ2n) is 12.0. The minimum absolute atomic E-state index is 0.0170. The number of nitrogens with one attached hydrogen (secondary N) is 1. The molecule has 0 radical (unpaired) electrons. The van der Waals surface area contributed by atoms with Crippen LogP contribution in [0.25, 0.3) is 10.9 Å². The molecule has 1 aromatic heterocycles. The number of fused-ring (bicyclic) bond motifs is 6. The molecule has 1 saturated heterocycles. The number of hydrogen-bond donors (Lipinski definition) is 1. The van der Waals surface area contributed by atoms with E-state index in [0.717, 1.165) is 37.2 Å². The van der Waals surface area contributed by atoms with Gasteiger partial charge in [0.25, 0.3) is 0 Å². The monoisotopic (exact) mass is 665 g/mol. The van der Waals surface area contributed by atoms with Crippen molar-refractivity contribution in [2.24, 2.45) is 22.7 Å². The average Bonchev–Trinajstić information content (AvgIpc) is 3.50. The van der Waals surface area contributed by atoms with Gasteiger partial charge in [-0.15, -0.1) is 0 Å². The highest BCUT2D eigenvalue weighted by atomic mass is 16.6. The van der Waals surface area contributed by atoms with Crippen molar-refractivity contribution >= 4 is 28.9 Å². The lowest BCUT2D eigenvalue weighted by Crippen LogP contribution is -2.58. The van der Waals surface area contributed by atoms with E-state index < -0.39 is 24.1 Å². The molecule has 6 rings (SSSR count). The average molecular weight is 666 g/mol. The van der Waals surface area contributed by atoms with Crippen LogP contribution in [0, 0.1) is 17.8 Å². The molecule has 1 aliphatic carbocycles. The first kappa shape index (κ1) is 34.7. The lowest BCUT2D eigenvalue weighted by atomic mass is 9.63. The fourth-order valence-corrected chi connectivity index (χ4v) is 7.76. The van der Waals surface area contributed by atoms with Crippen molar-refractivity contribution in [3.05, 3.63) is 47.2 Å². The van der Waals surface area contributed by atoms with Gasteiger partial charge in [0.1, 0.15) is 18.0 Å². The molecule has 2 aliphatic heterocycles. The Balaban J connectivity index is 0.00000107. The number of ether oxygens (including phenoxy) is 7. The van der Waals surface area contributed by atoms with Gasteiger partial charge in [0.2, 0.25) is 11.8 Å². The van der Waals surface area contributed by atoms with Gasteiger partial charge in [-0.1, -0.05) is 0 Å². The number of esters is 2. The molecule has 1 N–H and O–H groups in total. The molecule has 258 valence electrons. The minimum atomic E-state index is -0.670. The van der Waals surface area contributed by atoms with Gasteiger partial charge in [0.05, 0.1) is 53.1 Å². The zero-order chi connectivity index (χ0) is 34.5. The number of methoxy groups -OCH3 is 6. The summed E-state index contributed by atoms with van der Waals surface area (Å²) in [5, 5.41) is 1.21. The number of aliphatic imine (C=N–C) groups is 1. The molecule has 13 nitrogen and oxygen atoms in total. The van der Waals surface area contributed by atoms with Crippen LogP contribution in [0.3, 0.4) is 0 Å². The molecular weight excluding hydrogens is 622 g/mol. The van der Waals surface area contributed by atoms with E-state index in [1.807, 2.05) is 12.1 Å². The Hall–Kier alpha value is -4.58. The number of aromatic amines is 1. The second kappa shape index (κ2) is 15.1. The molecule has 0 bridgehead atoms. The lowest BCUT2D eigenvalue weighted by molar-refractivity contribution is -0.176. The maximum absolute atomic E-state index is 13.5. The van der Waals surface area contributed by atoms with E-state index >= 15 is 0 Å². The molecule has 0 amide bonds. The maximum Gasteiger partial charge on any atom is 0.338 e. The van der Waals surface area contributed by atoms with Crippen LogP contribution >= 0.6 is 0 Å². The van der Waals surface area contributed by atoms with Crippen LogP contribution in [-0.2, 0) is 30.2 Å². The molecule has 6 atom stereocenters. The third kappa shape index (κ3) is 6.45. The smallest absolute Gasteiger partial charge is 0.338 e. The number of isocyanates is 1. The molecule has 2 fully saturated rings. The summed E-state index contributed by atoms with van der Waals surface area (Å²) in [7, 11) is 10.5. The largest absolute Gasteiger partial charge is 0.497 e. The van der Waals surface area contributed by atoms with Crippen LogP contribution in [0.2, 0.25) is 0 Å². The fraction of sp³-hybridized carbons (Fsp3) is 0.514. The summed E-state index contributed by atoms with van der Waals surface area (Å²) in [5.41, 5.74) is 3.83. The summed E-state index contributed by atoms with van der Waals surface area (Å²) in [4.78, 5) is 45.0. The quantitative estimate of drug-likeness (QED) is 0.211. The van der Waals surface area contributed by atoms with E-state index in [4.69, 9.17) is 38.0 Å². The normalized spacial score (nSPS) is 24.3. The molecule has 3 heterocycles. The summed E-state index contributed by atoms with van der Waals surface area (Å²) in [6.45, 7) is 1.68. The molecule has 13 heteroatoms. The number of rotatable bonds is 8. The zero-order valence-electron chi connectivity index (χ0n) is 28.4. The maximum atomic E-state index is 13.5. The molecule has 3 aromatic rings. The first-order valence-corrected chi connectivity index (χ1v) is 15.8. The first-order chi connectivity index (χ1) is 23.3. The lowest BCUT2D eigenvalue weighted by Gasteiger charge is -2.52. The SMILES string of the molecule is CN=C=O.COC(=O)[C@H]1[C@H]2C[C@@H]3c4[nH]c5cc(OC)ccc5c4CCN3C[C@H]2C[C@@H](OC(=O)c2cc(OC)c(OC)c(OC)c2)[C@@H]1OC. The second-order valence-corrected chi connectivity index (χ2v) is 12.0. The van der Waals surface area contributed by atoms with Crippen molar-refractivity contribution in [3.63, 3.8) is 0 Å². The number of carbonyl (C=O) groups excluding carboxylic acids is 3. The molecule has 1 saturated carbocycles. The Kier molecular flexibility index (Phi) is 10.9. The standard InChI is InChI=1S/C33H40N2O9.C2H3NO/c1-38-19-7-8-20-21-9-10-35-16-18-13-27(44-32(36)17-11-25(39-2)30(41-4)26(12-17)40-3)31(42-5)28(33(37)43-6)22(18)15-24(35)29(21)34-23(20)14-19;1-3-2-4/h7-8,11-12,14,18,22,24,27-28,31,34H,9-10,13,15-16H2,1-6H3;1H3/t18-,22+,24-,27-,28+,31+;/m1./s1. The Labute approximate surface area is 279 Å². The number of carbonyl (C=O) groups is 2. The molecule has 3 aliphatic rings. The van der Waals surface area contributed by atoms with Crippen molar-refractivity contribution in [2.45, 2.75) is 37.5 Å². The van der Waals surface area contributed by atoms with Gasteiger partial charge in [-0.05, 0) is 60.9 Å². The van der Waals surface area contributed by atoms with E-state index in [2.05, 4.69) is 20.9 Å². The number of hydrogen-bond acceptors (Lipinski definition) is 12. The van der Waals surface area contributed by atoms with Crippen LogP contribution in [0.4, 0.5) is 0 Å². The summed E-state index contributed by atoms with van der Waals surface area (Å²) in [5.74, 6) is 0.441. The van der Waals surface area contributed by atoms with Crippen LogP contribution in [0.15, 0.2) is 35.3 Å². The van der Waals surface area contributed by atoms with E-state index in [-0.39, 0.29) is 29.4 Å². The minimum Gasteiger partial charge on any atom is -0.497 e. The van der Waals surface area contributed by atoms with Crippen molar-refractivity contribution in [2.75, 3.05) is 62.8 Å². The van der Waals surface area contributed by atoms with E-state index in [1.165, 1.54) is 58.2 Å². The van der Waals surface area contributed by atoms with Gasteiger partial charge in [-0.3, -0.25) is 9.69 Å². The number of aromatic nitrogens is 1. The van der Waals surface area contributed by atoms with Crippen molar-refractivity contribution in [1.82, 2.24) is 9.88 Å². The summed E-state index contributed by atoms with van der Waals surface area (Å²) in [6, 6.07) is 9.40. The number of H-pyrrole nitrogens is 1. The summed E-state index contributed by atoms with van der Waals surface area (Å²) < 4.78 is 39.1. The number of benzene rings is 2. The Bertz CT molecular complexity index is 1660. The topological polar surface area (TPSA) is 147 Å². The van der Waals surface area contributed by atoms with Gasteiger partial charge in [-0.25, -0.2) is 14.6 Å². The number of nitrogens with zero attached hydrogens (tertiary/aromatic N) is 2. The molecule has 2 aromatic carbocycles.